The van der Waals surface area contributed by atoms with Crippen molar-refractivity contribution >= 4 is 0 Å². The zero-order valence-electron chi connectivity index (χ0n) is 11.8. The van der Waals surface area contributed by atoms with Gasteiger partial charge in [-0.1, -0.05) is 12.1 Å². The van der Waals surface area contributed by atoms with Crippen LogP contribution in [0.15, 0.2) is 24.3 Å². The van der Waals surface area contributed by atoms with Gasteiger partial charge in [0, 0.05) is 19.6 Å². The molecule has 1 aliphatic heterocycles. The van der Waals surface area contributed by atoms with Crippen molar-refractivity contribution in [3.8, 4) is 5.75 Å². The van der Waals surface area contributed by atoms with E-state index in [0.717, 1.165) is 38.5 Å². The first kappa shape index (κ1) is 16.1. The fourth-order valence-corrected chi connectivity index (χ4v) is 2.44. The Bertz CT molecular complexity index is 443. The van der Waals surface area contributed by atoms with E-state index in [2.05, 4.69) is 4.90 Å². The lowest BCUT2D eigenvalue weighted by Gasteiger charge is -2.29. The first-order chi connectivity index (χ1) is 9.97. The van der Waals surface area contributed by atoms with Gasteiger partial charge in [-0.2, -0.15) is 13.2 Å². The van der Waals surface area contributed by atoms with Crippen LogP contribution in [-0.2, 0) is 6.18 Å². The number of likely N-dealkylation sites (tertiary alicyclic amines) is 1. The van der Waals surface area contributed by atoms with Gasteiger partial charge in [0.1, 0.15) is 5.75 Å². The Morgan fingerprint density at radius 2 is 1.86 bits per heavy atom. The van der Waals surface area contributed by atoms with Crippen molar-refractivity contribution < 1.29 is 23.0 Å². The fraction of sp³-hybridized carbons (Fsp3) is 0.600. The quantitative estimate of drug-likeness (QED) is 0.849. The summed E-state index contributed by atoms with van der Waals surface area (Å²) in [6.45, 7) is 2.70. The van der Waals surface area contributed by atoms with Crippen molar-refractivity contribution in [1.29, 1.82) is 0 Å². The molecule has 0 bridgehead atoms. The monoisotopic (exact) mass is 303 g/mol. The maximum absolute atomic E-state index is 12.8. The van der Waals surface area contributed by atoms with Crippen molar-refractivity contribution in [1.82, 2.24) is 4.90 Å². The summed E-state index contributed by atoms with van der Waals surface area (Å²) in [5.74, 6) is -0.112. The van der Waals surface area contributed by atoms with Crippen LogP contribution in [0, 0.1) is 0 Å². The molecule has 2 rings (SSSR count). The molecular formula is C15H20F3NO2. The Hall–Kier alpha value is -1.27. The van der Waals surface area contributed by atoms with Gasteiger partial charge in [0.2, 0.25) is 0 Å². The average Bonchev–Trinajstić information content (AvgIpc) is 2.45. The molecule has 0 radical (unpaired) electrons. The number of halogens is 3. The number of rotatable bonds is 5. The molecule has 0 aromatic heterocycles. The van der Waals surface area contributed by atoms with E-state index in [4.69, 9.17) is 4.74 Å². The van der Waals surface area contributed by atoms with Crippen LogP contribution < -0.4 is 4.74 Å². The Morgan fingerprint density at radius 1 is 1.19 bits per heavy atom. The largest absolute Gasteiger partial charge is 0.493 e. The molecule has 1 N–H and O–H groups in total. The molecule has 0 aliphatic carbocycles. The first-order valence-corrected chi connectivity index (χ1v) is 7.16. The van der Waals surface area contributed by atoms with Crippen molar-refractivity contribution in [2.45, 2.75) is 31.5 Å². The van der Waals surface area contributed by atoms with Gasteiger partial charge in [0.05, 0.1) is 18.3 Å². The number of ether oxygens (including phenoxy) is 1. The number of piperidine rings is 1. The Labute approximate surface area is 122 Å². The molecule has 118 valence electrons. The number of benzene rings is 1. The number of para-hydroxylation sites is 1. The molecule has 1 fully saturated rings. The van der Waals surface area contributed by atoms with Gasteiger partial charge < -0.3 is 14.7 Å². The third kappa shape index (κ3) is 4.89. The molecule has 0 saturated carbocycles. The summed E-state index contributed by atoms with van der Waals surface area (Å²) in [5.41, 5.74) is -0.730. The van der Waals surface area contributed by atoms with Gasteiger partial charge >= 0.3 is 6.18 Å². The number of hydrogen-bond donors (Lipinski definition) is 1. The summed E-state index contributed by atoms with van der Waals surface area (Å²) >= 11 is 0. The molecule has 3 nitrogen and oxygen atoms in total. The van der Waals surface area contributed by atoms with Gasteiger partial charge in [0.15, 0.2) is 0 Å². The fourth-order valence-electron chi connectivity index (χ4n) is 2.44. The SMILES string of the molecule is OC1CCN(CCCOc2ccccc2C(F)(F)F)CC1. The smallest absolute Gasteiger partial charge is 0.419 e. The molecule has 1 saturated heterocycles. The average molecular weight is 303 g/mol. The minimum absolute atomic E-state index is 0.112. The van der Waals surface area contributed by atoms with Crippen LogP contribution in [0.2, 0.25) is 0 Å². The van der Waals surface area contributed by atoms with E-state index in [0.29, 0.717) is 6.42 Å². The summed E-state index contributed by atoms with van der Waals surface area (Å²) < 4.78 is 43.6. The molecule has 21 heavy (non-hydrogen) atoms. The Balaban J connectivity index is 1.76. The van der Waals surface area contributed by atoms with Crippen LogP contribution in [0.3, 0.4) is 0 Å². The van der Waals surface area contributed by atoms with E-state index in [1.807, 2.05) is 0 Å². The topological polar surface area (TPSA) is 32.7 Å². The van der Waals surface area contributed by atoms with Crippen molar-refractivity contribution in [3.05, 3.63) is 29.8 Å². The minimum atomic E-state index is -4.39. The van der Waals surface area contributed by atoms with Gasteiger partial charge in [-0.25, -0.2) is 0 Å². The molecule has 0 atom stereocenters. The lowest BCUT2D eigenvalue weighted by atomic mass is 10.1. The molecular weight excluding hydrogens is 283 g/mol. The van der Waals surface area contributed by atoms with Crippen molar-refractivity contribution in [2.75, 3.05) is 26.2 Å². The predicted molar refractivity (Wildman–Crippen MR) is 73.2 cm³/mol. The molecule has 0 spiro atoms. The predicted octanol–water partition coefficient (Wildman–Crippen LogP) is 2.93. The van der Waals surface area contributed by atoms with E-state index in [9.17, 15) is 18.3 Å². The standard InChI is InChI=1S/C15H20F3NO2/c16-15(17,18)13-4-1-2-5-14(13)21-11-3-8-19-9-6-12(20)7-10-19/h1-2,4-5,12,20H,3,6-11H2. The molecule has 0 amide bonds. The van der Waals surface area contributed by atoms with E-state index < -0.39 is 11.7 Å². The van der Waals surface area contributed by atoms with Gasteiger partial charge in [-0.05, 0) is 31.4 Å². The number of alkyl halides is 3. The van der Waals surface area contributed by atoms with E-state index in [1.165, 1.54) is 18.2 Å². The van der Waals surface area contributed by atoms with Crippen LogP contribution in [0.5, 0.6) is 5.75 Å². The maximum Gasteiger partial charge on any atom is 0.419 e. The number of nitrogens with zero attached hydrogens (tertiary/aromatic N) is 1. The van der Waals surface area contributed by atoms with Crippen LogP contribution in [0.4, 0.5) is 13.2 Å². The lowest BCUT2D eigenvalue weighted by molar-refractivity contribution is -0.138. The second-order valence-electron chi connectivity index (χ2n) is 5.27. The molecule has 1 heterocycles. The summed E-state index contributed by atoms with van der Waals surface area (Å²) in [4.78, 5) is 2.20. The van der Waals surface area contributed by atoms with E-state index in [1.54, 1.807) is 0 Å². The van der Waals surface area contributed by atoms with Gasteiger partial charge in [-0.3, -0.25) is 0 Å². The highest BCUT2D eigenvalue weighted by Gasteiger charge is 2.33. The van der Waals surface area contributed by atoms with E-state index >= 15 is 0 Å². The zero-order chi connectivity index (χ0) is 15.3. The van der Waals surface area contributed by atoms with Gasteiger partial charge in [0.25, 0.3) is 0 Å². The highest BCUT2D eigenvalue weighted by Crippen LogP contribution is 2.35. The van der Waals surface area contributed by atoms with Crippen molar-refractivity contribution in [3.63, 3.8) is 0 Å². The van der Waals surface area contributed by atoms with Crippen LogP contribution in [0.25, 0.3) is 0 Å². The second kappa shape index (κ2) is 7.13. The molecule has 1 aromatic rings. The first-order valence-electron chi connectivity index (χ1n) is 7.16. The third-order valence-corrected chi connectivity index (χ3v) is 3.63. The normalized spacial score (nSPS) is 17.9. The molecule has 1 aliphatic rings. The highest BCUT2D eigenvalue weighted by molar-refractivity contribution is 5.35. The number of aliphatic hydroxyl groups is 1. The maximum atomic E-state index is 12.8. The van der Waals surface area contributed by atoms with Crippen molar-refractivity contribution in [2.24, 2.45) is 0 Å². The molecule has 6 heteroatoms. The molecule has 0 unspecified atom stereocenters. The summed E-state index contributed by atoms with van der Waals surface area (Å²) in [7, 11) is 0. The number of aliphatic hydroxyl groups excluding tert-OH is 1. The lowest BCUT2D eigenvalue weighted by Crippen LogP contribution is -2.36. The minimum Gasteiger partial charge on any atom is -0.493 e. The zero-order valence-corrected chi connectivity index (χ0v) is 11.8. The van der Waals surface area contributed by atoms with Gasteiger partial charge in [-0.15, -0.1) is 0 Å². The van der Waals surface area contributed by atoms with Crippen LogP contribution in [0.1, 0.15) is 24.8 Å². The summed E-state index contributed by atoms with van der Waals surface area (Å²) in [6.07, 6.45) is -2.41. The highest BCUT2D eigenvalue weighted by atomic mass is 19.4. The summed E-state index contributed by atoms with van der Waals surface area (Å²) in [6, 6.07) is 5.27. The number of hydrogen-bond acceptors (Lipinski definition) is 3. The van der Waals surface area contributed by atoms with E-state index in [-0.39, 0.29) is 18.5 Å². The van der Waals surface area contributed by atoms with Crippen LogP contribution in [-0.4, -0.2) is 42.4 Å². The second-order valence-corrected chi connectivity index (χ2v) is 5.27. The summed E-state index contributed by atoms with van der Waals surface area (Å²) in [5, 5.41) is 9.40. The Kier molecular flexibility index (Phi) is 5.47. The molecule has 1 aromatic carbocycles. The van der Waals surface area contributed by atoms with Crippen LogP contribution >= 0.6 is 0 Å². The third-order valence-electron chi connectivity index (χ3n) is 3.63. The Morgan fingerprint density at radius 3 is 2.52 bits per heavy atom.